The van der Waals surface area contributed by atoms with E-state index in [1.165, 1.54) is 12.2 Å². The number of pyridine rings is 2. The normalized spacial score (nSPS) is 15.2. The van der Waals surface area contributed by atoms with Crippen molar-refractivity contribution in [1.29, 1.82) is 0 Å². The van der Waals surface area contributed by atoms with Crippen molar-refractivity contribution in [3.8, 4) is 0 Å². The molecule has 0 aliphatic carbocycles. The standard InChI is InChI=1S/C24H28N4O4/c29-23(7-5-21-3-1-9-25-19-21)31-17-15-27-11-13-28(14-12-27)16-18-32-24(30)8-6-22-4-2-10-26-20-22/h1-10,19-20H,11-18H2/b7-5+,8-6+. The Bertz CT molecular complexity index is 819. The molecule has 2 aromatic heterocycles. The summed E-state index contributed by atoms with van der Waals surface area (Å²) >= 11 is 0. The first-order valence-corrected chi connectivity index (χ1v) is 10.6. The van der Waals surface area contributed by atoms with E-state index in [1.807, 2.05) is 24.3 Å². The SMILES string of the molecule is O=C(/C=C/c1cccnc1)OCCN1CCN(CCOC(=O)/C=C/c2cccnc2)CC1. The molecule has 1 fully saturated rings. The molecular formula is C24H28N4O4. The molecule has 0 saturated carbocycles. The molecule has 0 radical (unpaired) electrons. The number of hydrogen-bond acceptors (Lipinski definition) is 8. The zero-order valence-corrected chi connectivity index (χ0v) is 18.0. The van der Waals surface area contributed by atoms with Crippen molar-refractivity contribution in [2.75, 3.05) is 52.5 Å². The molecule has 1 aliphatic heterocycles. The average molecular weight is 437 g/mol. The first-order chi connectivity index (χ1) is 15.7. The van der Waals surface area contributed by atoms with Gasteiger partial charge in [-0.25, -0.2) is 9.59 Å². The second-order valence-corrected chi connectivity index (χ2v) is 7.26. The van der Waals surface area contributed by atoms with Crippen LogP contribution < -0.4 is 0 Å². The molecule has 0 bridgehead atoms. The van der Waals surface area contributed by atoms with E-state index < -0.39 is 0 Å². The quantitative estimate of drug-likeness (QED) is 0.413. The maximum Gasteiger partial charge on any atom is 0.330 e. The smallest absolute Gasteiger partial charge is 0.330 e. The summed E-state index contributed by atoms with van der Waals surface area (Å²) in [5.74, 6) is -0.709. The van der Waals surface area contributed by atoms with Crippen LogP contribution in [0, 0.1) is 0 Å². The summed E-state index contributed by atoms with van der Waals surface area (Å²) in [5, 5.41) is 0. The second-order valence-electron chi connectivity index (χ2n) is 7.26. The van der Waals surface area contributed by atoms with Gasteiger partial charge in [0.1, 0.15) is 13.2 Å². The van der Waals surface area contributed by atoms with Crippen LogP contribution in [0.4, 0.5) is 0 Å². The van der Waals surface area contributed by atoms with Crippen LogP contribution in [0.3, 0.4) is 0 Å². The number of nitrogens with zero attached hydrogens (tertiary/aromatic N) is 4. The fourth-order valence-electron chi connectivity index (χ4n) is 3.16. The Balaban J connectivity index is 1.24. The van der Waals surface area contributed by atoms with Gasteiger partial charge in [0.15, 0.2) is 0 Å². The van der Waals surface area contributed by atoms with Crippen LogP contribution in [0.2, 0.25) is 0 Å². The number of rotatable bonds is 10. The van der Waals surface area contributed by atoms with Gasteiger partial charge in [-0.05, 0) is 35.4 Å². The van der Waals surface area contributed by atoms with Gasteiger partial charge < -0.3 is 9.47 Å². The molecular weight excluding hydrogens is 408 g/mol. The van der Waals surface area contributed by atoms with E-state index in [0.29, 0.717) is 26.3 Å². The van der Waals surface area contributed by atoms with Gasteiger partial charge >= 0.3 is 11.9 Å². The average Bonchev–Trinajstić information content (AvgIpc) is 2.84. The minimum absolute atomic E-state index is 0.355. The Labute approximate surface area is 188 Å². The Morgan fingerprint density at radius 3 is 1.59 bits per heavy atom. The number of carbonyl (C=O) groups excluding carboxylic acids is 2. The van der Waals surface area contributed by atoms with Crippen molar-refractivity contribution >= 4 is 24.1 Å². The molecule has 0 aromatic carbocycles. The van der Waals surface area contributed by atoms with Crippen molar-refractivity contribution in [2.45, 2.75) is 0 Å². The van der Waals surface area contributed by atoms with Crippen molar-refractivity contribution in [3.63, 3.8) is 0 Å². The second kappa shape index (κ2) is 13.1. The minimum Gasteiger partial charge on any atom is -0.461 e. The first-order valence-electron chi connectivity index (χ1n) is 10.6. The van der Waals surface area contributed by atoms with E-state index in [9.17, 15) is 9.59 Å². The maximum absolute atomic E-state index is 11.8. The van der Waals surface area contributed by atoms with Crippen LogP contribution >= 0.6 is 0 Å². The molecule has 0 spiro atoms. The van der Waals surface area contributed by atoms with E-state index in [0.717, 1.165) is 37.3 Å². The summed E-state index contributed by atoms with van der Waals surface area (Å²) in [6.07, 6.45) is 13.0. The number of ether oxygens (including phenoxy) is 2. The first kappa shape index (κ1) is 23.3. The molecule has 32 heavy (non-hydrogen) atoms. The van der Waals surface area contributed by atoms with Gasteiger partial charge in [-0.1, -0.05) is 12.1 Å². The van der Waals surface area contributed by atoms with E-state index >= 15 is 0 Å². The Kier molecular flexibility index (Phi) is 9.57. The number of hydrogen-bond donors (Lipinski definition) is 0. The number of esters is 2. The van der Waals surface area contributed by atoms with Crippen LogP contribution in [-0.4, -0.2) is 84.2 Å². The summed E-state index contributed by atoms with van der Waals surface area (Å²) in [4.78, 5) is 36.1. The van der Waals surface area contributed by atoms with Crippen LogP contribution in [0.25, 0.3) is 12.2 Å². The van der Waals surface area contributed by atoms with Gasteiger partial charge in [-0.3, -0.25) is 19.8 Å². The summed E-state index contributed by atoms with van der Waals surface area (Å²) in [6.45, 7) is 5.67. The largest absolute Gasteiger partial charge is 0.461 e. The van der Waals surface area contributed by atoms with Crippen LogP contribution in [0.15, 0.2) is 61.2 Å². The Morgan fingerprint density at radius 1 is 0.781 bits per heavy atom. The van der Waals surface area contributed by atoms with Gasteiger partial charge in [-0.2, -0.15) is 0 Å². The number of carbonyl (C=O) groups is 2. The van der Waals surface area contributed by atoms with E-state index in [-0.39, 0.29) is 11.9 Å². The molecule has 3 heterocycles. The molecule has 0 N–H and O–H groups in total. The van der Waals surface area contributed by atoms with E-state index in [4.69, 9.17) is 9.47 Å². The lowest BCUT2D eigenvalue weighted by Gasteiger charge is -2.34. The van der Waals surface area contributed by atoms with Gasteiger partial charge in [0.25, 0.3) is 0 Å². The predicted octanol–water partition coefficient (Wildman–Crippen LogP) is 1.91. The zero-order chi connectivity index (χ0) is 22.4. The van der Waals surface area contributed by atoms with Crippen LogP contribution in [0.1, 0.15) is 11.1 Å². The van der Waals surface area contributed by atoms with Gasteiger partial charge in [0, 0.05) is 76.2 Å². The third-order valence-corrected chi connectivity index (χ3v) is 4.96. The van der Waals surface area contributed by atoms with Crippen molar-refractivity contribution in [2.24, 2.45) is 0 Å². The molecule has 168 valence electrons. The number of aromatic nitrogens is 2. The van der Waals surface area contributed by atoms with Crippen LogP contribution in [-0.2, 0) is 19.1 Å². The summed E-state index contributed by atoms with van der Waals surface area (Å²) in [7, 11) is 0. The molecule has 8 heteroatoms. The highest BCUT2D eigenvalue weighted by Gasteiger charge is 2.16. The molecule has 0 atom stereocenters. The Hall–Kier alpha value is -3.36. The van der Waals surface area contributed by atoms with E-state index in [1.54, 1.807) is 36.9 Å². The van der Waals surface area contributed by atoms with Crippen LogP contribution in [0.5, 0.6) is 0 Å². The fraction of sp³-hybridized carbons (Fsp3) is 0.333. The van der Waals surface area contributed by atoms with Gasteiger partial charge in [0.05, 0.1) is 0 Å². The predicted molar refractivity (Wildman–Crippen MR) is 121 cm³/mol. The monoisotopic (exact) mass is 436 g/mol. The fourth-order valence-corrected chi connectivity index (χ4v) is 3.16. The third-order valence-electron chi connectivity index (χ3n) is 4.96. The molecule has 0 amide bonds. The summed E-state index contributed by atoms with van der Waals surface area (Å²) in [5.41, 5.74) is 1.71. The molecule has 1 saturated heterocycles. The molecule has 0 unspecified atom stereocenters. The highest BCUT2D eigenvalue weighted by molar-refractivity contribution is 5.87. The molecule has 2 aromatic rings. The maximum atomic E-state index is 11.8. The molecule has 3 rings (SSSR count). The zero-order valence-electron chi connectivity index (χ0n) is 18.0. The summed E-state index contributed by atoms with van der Waals surface area (Å²) in [6, 6.07) is 7.37. The lowest BCUT2D eigenvalue weighted by atomic mass is 10.2. The van der Waals surface area contributed by atoms with E-state index in [2.05, 4.69) is 19.8 Å². The van der Waals surface area contributed by atoms with Gasteiger partial charge in [-0.15, -0.1) is 0 Å². The molecule has 1 aliphatic rings. The van der Waals surface area contributed by atoms with Crippen molar-refractivity contribution < 1.29 is 19.1 Å². The van der Waals surface area contributed by atoms with Crippen molar-refractivity contribution in [3.05, 3.63) is 72.3 Å². The Morgan fingerprint density at radius 2 is 1.22 bits per heavy atom. The topological polar surface area (TPSA) is 84.9 Å². The summed E-state index contributed by atoms with van der Waals surface area (Å²) < 4.78 is 10.5. The molecule has 8 nitrogen and oxygen atoms in total. The minimum atomic E-state index is -0.355. The van der Waals surface area contributed by atoms with Gasteiger partial charge in [0.2, 0.25) is 0 Å². The highest BCUT2D eigenvalue weighted by Crippen LogP contribution is 2.03. The highest BCUT2D eigenvalue weighted by atomic mass is 16.5. The lowest BCUT2D eigenvalue weighted by Crippen LogP contribution is -2.48. The third kappa shape index (κ3) is 8.79. The lowest BCUT2D eigenvalue weighted by molar-refractivity contribution is -0.139. The number of piperazine rings is 1. The van der Waals surface area contributed by atoms with Crippen molar-refractivity contribution in [1.82, 2.24) is 19.8 Å².